The van der Waals surface area contributed by atoms with Gasteiger partial charge >= 0.3 is 0 Å². The standard InChI is InChI=1S/C13H18N2O/c1-15-7-5-12-4-3-11(9-13(12)15)10-14-6-8-16-2/h3-5,7,9,14H,6,8,10H2,1-2H3. The molecule has 0 bridgehead atoms. The van der Waals surface area contributed by atoms with E-state index in [1.54, 1.807) is 7.11 Å². The first-order valence-corrected chi connectivity index (χ1v) is 5.55. The average molecular weight is 218 g/mol. The lowest BCUT2D eigenvalue weighted by atomic mass is 10.1. The van der Waals surface area contributed by atoms with Gasteiger partial charge in [0.05, 0.1) is 6.61 Å². The maximum atomic E-state index is 4.99. The van der Waals surface area contributed by atoms with Crippen molar-refractivity contribution in [2.24, 2.45) is 7.05 Å². The zero-order valence-electron chi connectivity index (χ0n) is 9.86. The Balaban J connectivity index is 2.04. The lowest BCUT2D eigenvalue weighted by Crippen LogP contribution is -2.18. The van der Waals surface area contributed by atoms with E-state index in [9.17, 15) is 0 Å². The van der Waals surface area contributed by atoms with Crippen molar-refractivity contribution in [1.82, 2.24) is 9.88 Å². The molecule has 2 aromatic rings. The molecule has 0 aliphatic rings. The Labute approximate surface area is 96.0 Å². The molecule has 1 N–H and O–H groups in total. The van der Waals surface area contributed by atoms with Gasteiger partial charge in [-0.15, -0.1) is 0 Å². The van der Waals surface area contributed by atoms with Crippen LogP contribution in [0.1, 0.15) is 5.56 Å². The van der Waals surface area contributed by atoms with Crippen molar-refractivity contribution in [3.05, 3.63) is 36.0 Å². The molecule has 0 spiro atoms. The maximum absolute atomic E-state index is 4.99. The third-order valence-electron chi connectivity index (χ3n) is 2.76. The number of hydrogen-bond acceptors (Lipinski definition) is 2. The summed E-state index contributed by atoms with van der Waals surface area (Å²) in [5.74, 6) is 0. The molecule has 0 atom stereocenters. The molecule has 0 aliphatic carbocycles. The fraction of sp³-hybridized carbons (Fsp3) is 0.385. The lowest BCUT2D eigenvalue weighted by molar-refractivity contribution is 0.199. The van der Waals surface area contributed by atoms with Gasteiger partial charge in [0.15, 0.2) is 0 Å². The first-order valence-electron chi connectivity index (χ1n) is 5.55. The van der Waals surface area contributed by atoms with Crippen LogP contribution in [0, 0.1) is 0 Å². The molecule has 1 aromatic carbocycles. The normalized spacial score (nSPS) is 11.1. The molecule has 0 radical (unpaired) electrons. The molecule has 3 heteroatoms. The van der Waals surface area contributed by atoms with Crippen molar-refractivity contribution >= 4 is 10.9 Å². The molecule has 2 rings (SSSR count). The van der Waals surface area contributed by atoms with Gasteiger partial charge in [-0.1, -0.05) is 12.1 Å². The molecule has 86 valence electrons. The molecule has 0 fully saturated rings. The predicted octanol–water partition coefficient (Wildman–Crippen LogP) is 1.91. The van der Waals surface area contributed by atoms with Gasteiger partial charge in [0.1, 0.15) is 0 Å². The van der Waals surface area contributed by atoms with E-state index in [1.165, 1.54) is 16.5 Å². The van der Waals surface area contributed by atoms with Gasteiger partial charge in [-0.25, -0.2) is 0 Å². The van der Waals surface area contributed by atoms with Gasteiger partial charge in [-0.3, -0.25) is 0 Å². The van der Waals surface area contributed by atoms with Crippen molar-refractivity contribution in [2.75, 3.05) is 20.3 Å². The van der Waals surface area contributed by atoms with Crippen LogP contribution < -0.4 is 5.32 Å². The van der Waals surface area contributed by atoms with E-state index in [-0.39, 0.29) is 0 Å². The number of rotatable bonds is 5. The summed E-state index contributed by atoms with van der Waals surface area (Å²) in [5.41, 5.74) is 2.59. The van der Waals surface area contributed by atoms with Gasteiger partial charge in [0.2, 0.25) is 0 Å². The number of benzene rings is 1. The molecule has 0 saturated carbocycles. The zero-order valence-corrected chi connectivity index (χ0v) is 9.86. The minimum atomic E-state index is 0.756. The summed E-state index contributed by atoms with van der Waals surface area (Å²) in [4.78, 5) is 0. The van der Waals surface area contributed by atoms with E-state index in [0.717, 1.165) is 19.7 Å². The topological polar surface area (TPSA) is 26.2 Å². The molecule has 0 aliphatic heterocycles. The highest BCUT2D eigenvalue weighted by molar-refractivity contribution is 5.80. The summed E-state index contributed by atoms with van der Waals surface area (Å²) in [6.45, 7) is 2.54. The molecule has 0 unspecified atom stereocenters. The maximum Gasteiger partial charge on any atom is 0.0587 e. The molecule has 0 amide bonds. The SMILES string of the molecule is COCCNCc1ccc2ccn(C)c2c1. The fourth-order valence-electron chi connectivity index (χ4n) is 1.82. The lowest BCUT2D eigenvalue weighted by Gasteiger charge is -2.05. The fourth-order valence-corrected chi connectivity index (χ4v) is 1.82. The van der Waals surface area contributed by atoms with Crippen LogP contribution in [0.15, 0.2) is 30.5 Å². The monoisotopic (exact) mass is 218 g/mol. The molecular formula is C13H18N2O. The summed E-state index contributed by atoms with van der Waals surface area (Å²) in [6, 6.07) is 8.71. The second-order valence-electron chi connectivity index (χ2n) is 3.99. The van der Waals surface area contributed by atoms with Crippen LogP contribution in [0.3, 0.4) is 0 Å². The highest BCUT2D eigenvalue weighted by Gasteiger charge is 1.99. The number of nitrogens with one attached hydrogen (secondary N) is 1. The van der Waals surface area contributed by atoms with Gasteiger partial charge in [0, 0.05) is 39.0 Å². The Morgan fingerprint density at radius 1 is 1.31 bits per heavy atom. The minimum absolute atomic E-state index is 0.756. The number of nitrogens with zero attached hydrogens (tertiary/aromatic N) is 1. The number of aryl methyl sites for hydroxylation is 1. The largest absolute Gasteiger partial charge is 0.383 e. The number of methoxy groups -OCH3 is 1. The first kappa shape index (κ1) is 11.2. The molecule has 0 saturated heterocycles. The Bertz CT molecular complexity index is 462. The molecule has 1 aromatic heterocycles. The van der Waals surface area contributed by atoms with Crippen LogP contribution in [0.25, 0.3) is 10.9 Å². The van der Waals surface area contributed by atoms with Gasteiger partial charge < -0.3 is 14.6 Å². The van der Waals surface area contributed by atoms with Crippen molar-refractivity contribution in [1.29, 1.82) is 0 Å². The minimum Gasteiger partial charge on any atom is -0.383 e. The third kappa shape index (κ3) is 2.43. The van der Waals surface area contributed by atoms with E-state index in [1.807, 2.05) is 0 Å². The zero-order chi connectivity index (χ0) is 11.4. The van der Waals surface area contributed by atoms with E-state index >= 15 is 0 Å². The number of ether oxygens (including phenoxy) is 1. The van der Waals surface area contributed by atoms with Crippen LogP contribution >= 0.6 is 0 Å². The Morgan fingerprint density at radius 3 is 3.00 bits per heavy atom. The average Bonchev–Trinajstić information content (AvgIpc) is 2.67. The summed E-state index contributed by atoms with van der Waals surface area (Å²) in [6.07, 6.45) is 2.09. The van der Waals surface area contributed by atoms with Gasteiger partial charge in [-0.2, -0.15) is 0 Å². The van der Waals surface area contributed by atoms with Crippen LogP contribution in [0.2, 0.25) is 0 Å². The number of hydrogen-bond donors (Lipinski definition) is 1. The quantitative estimate of drug-likeness (QED) is 0.776. The second kappa shape index (κ2) is 5.14. The van der Waals surface area contributed by atoms with Crippen molar-refractivity contribution < 1.29 is 4.74 Å². The molecule has 16 heavy (non-hydrogen) atoms. The number of aromatic nitrogens is 1. The van der Waals surface area contributed by atoms with Crippen LogP contribution in [0.4, 0.5) is 0 Å². The van der Waals surface area contributed by atoms with Crippen LogP contribution in [-0.2, 0) is 18.3 Å². The summed E-state index contributed by atoms with van der Waals surface area (Å²) in [7, 11) is 3.79. The first-order chi connectivity index (χ1) is 7.81. The molecular weight excluding hydrogens is 200 g/mol. The summed E-state index contributed by atoms with van der Waals surface area (Å²) >= 11 is 0. The second-order valence-corrected chi connectivity index (χ2v) is 3.99. The highest BCUT2D eigenvalue weighted by atomic mass is 16.5. The van der Waals surface area contributed by atoms with E-state index in [2.05, 4.69) is 47.4 Å². The highest BCUT2D eigenvalue weighted by Crippen LogP contribution is 2.16. The Morgan fingerprint density at radius 2 is 2.19 bits per heavy atom. The van der Waals surface area contributed by atoms with Crippen LogP contribution in [0.5, 0.6) is 0 Å². The Hall–Kier alpha value is -1.32. The molecule has 3 nitrogen and oxygen atoms in total. The van der Waals surface area contributed by atoms with Crippen molar-refractivity contribution in [3.63, 3.8) is 0 Å². The van der Waals surface area contributed by atoms with E-state index < -0.39 is 0 Å². The predicted molar refractivity (Wildman–Crippen MR) is 66.5 cm³/mol. The third-order valence-corrected chi connectivity index (χ3v) is 2.76. The van der Waals surface area contributed by atoms with E-state index in [4.69, 9.17) is 4.74 Å². The van der Waals surface area contributed by atoms with Gasteiger partial charge in [-0.05, 0) is 23.1 Å². The number of fused-ring (bicyclic) bond motifs is 1. The Kier molecular flexibility index (Phi) is 3.59. The summed E-state index contributed by atoms with van der Waals surface area (Å²) < 4.78 is 7.14. The van der Waals surface area contributed by atoms with Crippen molar-refractivity contribution in [2.45, 2.75) is 6.54 Å². The van der Waals surface area contributed by atoms with Gasteiger partial charge in [0.25, 0.3) is 0 Å². The summed E-state index contributed by atoms with van der Waals surface area (Å²) in [5, 5.41) is 4.64. The van der Waals surface area contributed by atoms with E-state index in [0.29, 0.717) is 0 Å². The molecule has 1 heterocycles. The smallest absolute Gasteiger partial charge is 0.0587 e. The van der Waals surface area contributed by atoms with Crippen molar-refractivity contribution in [3.8, 4) is 0 Å². The van der Waals surface area contributed by atoms with Crippen LogP contribution in [-0.4, -0.2) is 24.8 Å².